The zero-order valence-corrected chi connectivity index (χ0v) is 21.2. The molecule has 12 heteroatoms. The van der Waals surface area contributed by atoms with E-state index in [0.29, 0.717) is 26.9 Å². The van der Waals surface area contributed by atoms with E-state index in [2.05, 4.69) is 30.9 Å². The van der Waals surface area contributed by atoms with Crippen LogP contribution in [0.15, 0.2) is 77.9 Å². The van der Waals surface area contributed by atoms with Crippen molar-refractivity contribution in [3.63, 3.8) is 0 Å². The lowest BCUT2D eigenvalue weighted by molar-refractivity contribution is -0.274. The Balaban J connectivity index is 1.32. The van der Waals surface area contributed by atoms with Gasteiger partial charge in [-0.15, -0.1) is 18.3 Å². The number of nitrogens with one attached hydrogen (secondary N) is 2. The van der Waals surface area contributed by atoms with Gasteiger partial charge in [0.15, 0.2) is 5.11 Å². The predicted molar refractivity (Wildman–Crippen MR) is 146 cm³/mol. The second-order valence-electron chi connectivity index (χ2n) is 8.21. The minimum atomic E-state index is -4.75. The molecule has 0 saturated carbocycles. The summed E-state index contributed by atoms with van der Waals surface area (Å²) in [4.78, 5) is 0. The van der Waals surface area contributed by atoms with Gasteiger partial charge in [0.05, 0.1) is 28.1 Å². The Morgan fingerprint density at radius 1 is 1.08 bits per heavy atom. The number of hydrazone groups is 1. The highest BCUT2D eigenvalue weighted by Crippen LogP contribution is 2.28. The predicted octanol–water partition coefficient (Wildman–Crippen LogP) is 6.75. The first-order chi connectivity index (χ1) is 18.2. The Labute approximate surface area is 224 Å². The lowest BCUT2D eigenvalue weighted by Gasteiger charge is -2.11. The van der Waals surface area contributed by atoms with E-state index in [9.17, 15) is 13.2 Å². The molecule has 2 N–H and O–H groups in total. The summed E-state index contributed by atoms with van der Waals surface area (Å²) in [6.07, 6.45) is -3.11. The third kappa shape index (κ3) is 5.53. The number of fused-ring (bicyclic) bond motifs is 3. The molecule has 0 atom stereocenters. The summed E-state index contributed by atoms with van der Waals surface area (Å²) in [6.45, 7) is 1.92. The molecule has 0 amide bonds. The first-order valence-corrected chi connectivity index (χ1v) is 12.0. The average Bonchev–Trinajstić information content (AvgIpc) is 3.30. The molecule has 0 radical (unpaired) electrons. The van der Waals surface area contributed by atoms with E-state index in [1.54, 1.807) is 17.0 Å². The van der Waals surface area contributed by atoms with Gasteiger partial charge in [0.2, 0.25) is 0 Å². The van der Waals surface area contributed by atoms with Gasteiger partial charge in [0.25, 0.3) is 0 Å². The van der Waals surface area contributed by atoms with Crippen LogP contribution in [0.3, 0.4) is 0 Å². The van der Waals surface area contributed by atoms with Gasteiger partial charge >= 0.3 is 6.36 Å². The highest BCUT2D eigenvalue weighted by Gasteiger charge is 2.31. The maximum Gasteiger partial charge on any atom is 0.573 e. The summed E-state index contributed by atoms with van der Waals surface area (Å²) < 4.78 is 42.8. The lowest BCUT2D eigenvalue weighted by atomic mass is 10.1. The van der Waals surface area contributed by atoms with E-state index in [-0.39, 0.29) is 5.75 Å². The molecule has 0 fully saturated rings. The highest BCUT2D eigenvalue weighted by atomic mass is 35.5. The number of aromatic nitrogens is 3. The van der Waals surface area contributed by atoms with Crippen LogP contribution in [0, 0.1) is 6.92 Å². The molecule has 38 heavy (non-hydrogen) atoms. The van der Waals surface area contributed by atoms with E-state index in [1.807, 2.05) is 49.4 Å². The molecular formula is C26H18ClF3N6OS. The number of anilines is 1. The zero-order valence-electron chi connectivity index (χ0n) is 19.6. The molecule has 1 heterocycles. The van der Waals surface area contributed by atoms with Crippen molar-refractivity contribution in [3.8, 4) is 11.4 Å². The number of nitrogens with zero attached hydrogens (tertiary/aromatic N) is 4. The van der Waals surface area contributed by atoms with Gasteiger partial charge in [-0.2, -0.15) is 5.10 Å². The summed E-state index contributed by atoms with van der Waals surface area (Å²) >= 11 is 11.5. The van der Waals surface area contributed by atoms with Crippen molar-refractivity contribution < 1.29 is 17.9 Å². The Kier molecular flexibility index (Phi) is 6.87. The molecule has 5 rings (SSSR count). The number of hydrogen-bond donors (Lipinski definition) is 2. The highest BCUT2D eigenvalue weighted by molar-refractivity contribution is 7.80. The fourth-order valence-electron chi connectivity index (χ4n) is 3.89. The fraction of sp³-hybridized carbons (Fsp3) is 0.0769. The normalized spacial score (nSPS) is 11.8. The molecule has 5 aromatic rings. The fourth-order valence-corrected chi connectivity index (χ4v) is 4.32. The molecule has 0 spiro atoms. The summed E-state index contributed by atoms with van der Waals surface area (Å²) in [7, 11) is 0. The van der Waals surface area contributed by atoms with Crippen molar-refractivity contribution in [2.45, 2.75) is 13.3 Å². The van der Waals surface area contributed by atoms with E-state index in [4.69, 9.17) is 23.8 Å². The van der Waals surface area contributed by atoms with Crippen LogP contribution in [0.4, 0.5) is 18.9 Å². The third-order valence-electron chi connectivity index (χ3n) is 5.61. The van der Waals surface area contributed by atoms with Gasteiger partial charge in [-0.25, -0.2) is 4.68 Å². The van der Waals surface area contributed by atoms with Crippen LogP contribution < -0.4 is 15.5 Å². The lowest BCUT2D eigenvalue weighted by Crippen LogP contribution is -2.24. The molecule has 0 bridgehead atoms. The number of halogens is 4. The summed E-state index contributed by atoms with van der Waals surface area (Å²) in [6, 6.07) is 20.5. The first kappa shape index (κ1) is 25.4. The number of aryl methyl sites for hydroxylation is 1. The smallest absolute Gasteiger partial charge is 0.406 e. The van der Waals surface area contributed by atoms with Crippen LogP contribution in [0.2, 0.25) is 5.02 Å². The van der Waals surface area contributed by atoms with Crippen LogP contribution >= 0.6 is 23.8 Å². The van der Waals surface area contributed by atoms with E-state index in [0.717, 1.165) is 27.6 Å². The van der Waals surface area contributed by atoms with Crippen LogP contribution in [0.25, 0.3) is 27.5 Å². The van der Waals surface area contributed by atoms with Gasteiger partial charge < -0.3 is 10.1 Å². The van der Waals surface area contributed by atoms with E-state index < -0.39 is 6.36 Å². The number of para-hydroxylation sites is 1. The van der Waals surface area contributed by atoms with Crippen LogP contribution in [0.5, 0.6) is 5.75 Å². The zero-order chi connectivity index (χ0) is 26.9. The minimum absolute atomic E-state index is 0.301. The SMILES string of the molecule is Cc1cccc(Cl)c1NC(=S)N/N=C/c1ccc2c(ccc3c2nnn3-c2ccc(OC(F)(F)F)cc2)c1. The Bertz CT molecular complexity index is 1660. The number of hydrogen-bond acceptors (Lipinski definition) is 5. The van der Waals surface area contributed by atoms with Crippen LogP contribution in [0.1, 0.15) is 11.1 Å². The third-order valence-corrected chi connectivity index (χ3v) is 6.12. The maximum absolute atomic E-state index is 12.4. The molecule has 0 saturated heterocycles. The average molecular weight is 555 g/mol. The second-order valence-corrected chi connectivity index (χ2v) is 9.03. The Morgan fingerprint density at radius 3 is 2.61 bits per heavy atom. The van der Waals surface area contributed by atoms with Gasteiger partial charge in [0, 0.05) is 5.39 Å². The molecular weight excluding hydrogens is 537 g/mol. The van der Waals surface area contributed by atoms with Crippen molar-refractivity contribution in [2.75, 3.05) is 5.32 Å². The summed E-state index contributed by atoms with van der Waals surface area (Å²) in [5.41, 5.74) is 7.19. The minimum Gasteiger partial charge on any atom is -0.406 e. The number of rotatable bonds is 5. The molecule has 0 aliphatic carbocycles. The number of alkyl halides is 3. The topological polar surface area (TPSA) is 76.4 Å². The van der Waals surface area contributed by atoms with Crippen molar-refractivity contribution in [3.05, 3.63) is 88.9 Å². The Hall–Kier alpha value is -4.22. The quantitative estimate of drug-likeness (QED) is 0.142. The van der Waals surface area contributed by atoms with Gasteiger partial charge in [-0.05, 0) is 78.1 Å². The molecule has 0 aliphatic heterocycles. The number of thiocarbonyl (C=S) groups is 1. The Morgan fingerprint density at radius 2 is 1.87 bits per heavy atom. The van der Waals surface area contributed by atoms with E-state index in [1.165, 1.54) is 24.3 Å². The summed E-state index contributed by atoms with van der Waals surface area (Å²) in [5.74, 6) is -0.310. The van der Waals surface area contributed by atoms with Gasteiger partial charge in [-0.1, -0.05) is 47.1 Å². The second kappa shape index (κ2) is 10.3. The molecule has 7 nitrogen and oxygen atoms in total. The summed E-state index contributed by atoms with van der Waals surface area (Å²) in [5, 5.41) is 18.4. The van der Waals surface area contributed by atoms with Crippen molar-refractivity contribution in [2.24, 2.45) is 5.10 Å². The van der Waals surface area contributed by atoms with Crippen molar-refractivity contribution in [1.82, 2.24) is 20.4 Å². The van der Waals surface area contributed by atoms with Crippen molar-refractivity contribution >= 4 is 62.6 Å². The monoisotopic (exact) mass is 554 g/mol. The van der Waals surface area contributed by atoms with Crippen molar-refractivity contribution in [1.29, 1.82) is 0 Å². The maximum atomic E-state index is 12.4. The molecule has 4 aromatic carbocycles. The van der Waals surface area contributed by atoms with Gasteiger partial charge in [-0.3, -0.25) is 5.43 Å². The standard InChI is InChI=1S/C26H18ClF3N6OS/c1-15-3-2-4-21(27)23(15)32-25(38)34-31-14-16-5-11-20-17(13-16)6-12-22-24(20)33-35-36(22)18-7-9-19(10-8-18)37-26(28,29)30/h2-14H,1H3,(H2,32,34,38)/b31-14+. The number of benzene rings is 4. The largest absolute Gasteiger partial charge is 0.573 e. The molecule has 192 valence electrons. The number of ether oxygens (including phenoxy) is 1. The molecule has 1 aromatic heterocycles. The van der Waals surface area contributed by atoms with Crippen LogP contribution in [-0.2, 0) is 0 Å². The molecule has 0 aliphatic rings. The first-order valence-electron chi connectivity index (χ1n) is 11.2. The van der Waals surface area contributed by atoms with Gasteiger partial charge in [0.1, 0.15) is 11.3 Å². The molecule has 0 unspecified atom stereocenters. The van der Waals surface area contributed by atoms with E-state index >= 15 is 0 Å². The van der Waals surface area contributed by atoms with Crippen LogP contribution in [-0.4, -0.2) is 32.7 Å².